The summed E-state index contributed by atoms with van der Waals surface area (Å²) in [6.07, 6.45) is 0. The van der Waals surface area contributed by atoms with Gasteiger partial charge in [-0.3, -0.25) is 0 Å². The Balaban J connectivity index is 0.00000112. The van der Waals surface area contributed by atoms with Gasteiger partial charge in [-0.2, -0.15) is 0 Å². The Morgan fingerprint density at radius 3 is 2.13 bits per heavy atom. The molecule has 0 saturated carbocycles. The Labute approximate surface area is 104 Å². The maximum absolute atomic E-state index is 11.9. The summed E-state index contributed by atoms with van der Waals surface area (Å²) in [4.78, 5) is 0.409. The molecule has 0 bridgehead atoms. The highest BCUT2D eigenvalue weighted by molar-refractivity contribution is 9.10. The quantitative estimate of drug-likeness (QED) is 0.902. The number of benzene rings is 1. The van der Waals surface area contributed by atoms with Crippen molar-refractivity contribution >= 4 is 38.2 Å². The van der Waals surface area contributed by atoms with Gasteiger partial charge in [0.05, 0.1) is 10.1 Å². The number of nitrogens with one attached hydrogen (secondary N) is 1. The standard InChI is InChI=1S/C9H10BrNO2S.ClH/c10-7-1-3-8(4-2-7)14(12,13)9-5-11-6-9;/h1-4,9,11H,5-6H2;1H. The molecule has 0 unspecified atom stereocenters. The summed E-state index contributed by atoms with van der Waals surface area (Å²) >= 11 is 3.27. The summed E-state index contributed by atoms with van der Waals surface area (Å²) in [5.41, 5.74) is 0. The van der Waals surface area contributed by atoms with E-state index in [-0.39, 0.29) is 17.7 Å². The van der Waals surface area contributed by atoms with Gasteiger partial charge in [-0.25, -0.2) is 8.42 Å². The Morgan fingerprint density at radius 1 is 1.20 bits per heavy atom. The molecule has 15 heavy (non-hydrogen) atoms. The van der Waals surface area contributed by atoms with Crippen LogP contribution in [0.25, 0.3) is 0 Å². The first-order chi connectivity index (χ1) is 6.60. The molecule has 1 aromatic carbocycles. The fourth-order valence-corrected chi connectivity index (χ4v) is 3.14. The van der Waals surface area contributed by atoms with Gasteiger partial charge >= 0.3 is 0 Å². The zero-order chi connectivity index (χ0) is 10.2. The Morgan fingerprint density at radius 2 is 1.73 bits per heavy atom. The Hall–Kier alpha value is -0.100. The number of hydrogen-bond donors (Lipinski definition) is 1. The van der Waals surface area contributed by atoms with E-state index in [9.17, 15) is 8.42 Å². The average Bonchev–Trinajstić information content (AvgIpc) is 2.00. The van der Waals surface area contributed by atoms with Crippen LogP contribution in [0.15, 0.2) is 33.6 Å². The van der Waals surface area contributed by atoms with E-state index in [2.05, 4.69) is 21.2 Å². The number of halogens is 2. The van der Waals surface area contributed by atoms with E-state index in [4.69, 9.17) is 0 Å². The topological polar surface area (TPSA) is 46.2 Å². The summed E-state index contributed by atoms with van der Waals surface area (Å²) in [5.74, 6) is 0. The highest BCUT2D eigenvalue weighted by atomic mass is 79.9. The van der Waals surface area contributed by atoms with E-state index in [1.807, 2.05) is 0 Å². The van der Waals surface area contributed by atoms with Crippen LogP contribution in [0.3, 0.4) is 0 Å². The van der Waals surface area contributed by atoms with Crippen molar-refractivity contribution in [1.29, 1.82) is 0 Å². The molecule has 1 fully saturated rings. The van der Waals surface area contributed by atoms with Crippen LogP contribution in [0.1, 0.15) is 0 Å². The average molecular weight is 313 g/mol. The molecule has 0 amide bonds. The minimum Gasteiger partial charge on any atom is -0.314 e. The van der Waals surface area contributed by atoms with Gasteiger partial charge in [0, 0.05) is 17.6 Å². The van der Waals surface area contributed by atoms with Crippen molar-refractivity contribution in [3.8, 4) is 0 Å². The number of rotatable bonds is 2. The molecular weight excluding hydrogens is 302 g/mol. The van der Waals surface area contributed by atoms with Gasteiger partial charge in [0.25, 0.3) is 0 Å². The minimum atomic E-state index is -3.10. The molecule has 3 nitrogen and oxygen atoms in total. The molecule has 1 heterocycles. The third kappa shape index (κ3) is 2.53. The molecule has 1 aliphatic rings. The smallest absolute Gasteiger partial charge is 0.183 e. The normalized spacial score (nSPS) is 16.6. The highest BCUT2D eigenvalue weighted by Gasteiger charge is 2.32. The minimum absolute atomic E-state index is 0. The van der Waals surface area contributed by atoms with Crippen molar-refractivity contribution in [2.75, 3.05) is 13.1 Å². The lowest BCUT2D eigenvalue weighted by Crippen LogP contribution is -2.51. The largest absolute Gasteiger partial charge is 0.314 e. The lowest BCUT2D eigenvalue weighted by molar-refractivity contribution is 0.495. The predicted octanol–water partition coefficient (Wildman–Crippen LogP) is 1.62. The molecule has 0 aliphatic carbocycles. The van der Waals surface area contributed by atoms with E-state index in [0.29, 0.717) is 18.0 Å². The molecule has 0 atom stereocenters. The predicted molar refractivity (Wildman–Crippen MR) is 65.2 cm³/mol. The molecule has 1 saturated heterocycles. The molecule has 0 radical (unpaired) electrons. The summed E-state index contributed by atoms with van der Waals surface area (Å²) in [6, 6.07) is 6.77. The van der Waals surface area contributed by atoms with Crippen LogP contribution < -0.4 is 5.32 Å². The van der Waals surface area contributed by atoms with Crippen molar-refractivity contribution in [2.24, 2.45) is 0 Å². The number of sulfone groups is 1. The van der Waals surface area contributed by atoms with Crippen LogP contribution in [-0.4, -0.2) is 26.8 Å². The third-order valence-corrected chi connectivity index (χ3v) is 4.99. The van der Waals surface area contributed by atoms with Gasteiger partial charge in [-0.1, -0.05) is 15.9 Å². The van der Waals surface area contributed by atoms with Gasteiger partial charge in [0.1, 0.15) is 0 Å². The zero-order valence-electron chi connectivity index (χ0n) is 7.81. The van der Waals surface area contributed by atoms with Gasteiger partial charge < -0.3 is 5.32 Å². The van der Waals surface area contributed by atoms with Crippen LogP contribution in [0.4, 0.5) is 0 Å². The molecule has 0 spiro atoms. The lowest BCUT2D eigenvalue weighted by atomic mass is 10.3. The second-order valence-electron chi connectivity index (χ2n) is 3.28. The SMILES string of the molecule is Cl.O=S(=O)(c1ccc(Br)cc1)C1CNC1. The first kappa shape index (κ1) is 13.0. The molecule has 6 heteroatoms. The zero-order valence-corrected chi connectivity index (χ0v) is 11.0. The molecule has 1 aromatic rings. The van der Waals surface area contributed by atoms with E-state index in [1.54, 1.807) is 24.3 Å². The van der Waals surface area contributed by atoms with Crippen LogP contribution in [-0.2, 0) is 9.84 Å². The lowest BCUT2D eigenvalue weighted by Gasteiger charge is -2.26. The molecule has 84 valence electrons. The van der Waals surface area contributed by atoms with Crippen molar-refractivity contribution in [2.45, 2.75) is 10.1 Å². The molecule has 0 aromatic heterocycles. The van der Waals surface area contributed by atoms with Gasteiger partial charge in [-0.05, 0) is 24.3 Å². The van der Waals surface area contributed by atoms with E-state index >= 15 is 0 Å². The summed E-state index contributed by atoms with van der Waals surface area (Å²) in [6.45, 7) is 1.14. The van der Waals surface area contributed by atoms with Crippen molar-refractivity contribution in [3.05, 3.63) is 28.7 Å². The Bertz CT molecular complexity index is 428. The maximum Gasteiger partial charge on any atom is 0.183 e. The van der Waals surface area contributed by atoms with Crippen molar-refractivity contribution < 1.29 is 8.42 Å². The molecule has 2 rings (SSSR count). The third-order valence-electron chi connectivity index (χ3n) is 2.33. The molecule has 1 aliphatic heterocycles. The second-order valence-corrected chi connectivity index (χ2v) is 6.42. The maximum atomic E-state index is 11.9. The van der Waals surface area contributed by atoms with E-state index < -0.39 is 9.84 Å². The van der Waals surface area contributed by atoms with Gasteiger partial charge in [0.2, 0.25) is 0 Å². The fraction of sp³-hybridized carbons (Fsp3) is 0.333. The fourth-order valence-electron chi connectivity index (χ4n) is 1.30. The van der Waals surface area contributed by atoms with Crippen LogP contribution in [0, 0.1) is 0 Å². The summed E-state index contributed by atoms with van der Waals surface area (Å²) in [5, 5.41) is 2.71. The van der Waals surface area contributed by atoms with Gasteiger partial charge in [-0.15, -0.1) is 12.4 Å². The van der Waals surface area contributed by atoms with Crippen LogP contribution >= 0.6 is 28.3 Å². The Kier molecular flexibility index (Phi) is 4.17. The first-order valence-electron chi connectivity index (χ1n) is 4.31. The molecular formula is C9H11BrClNO2S. The van der Waals surface area contributed by atoms with Crippen molar-refractivity contribution in [1.82, 2.24) is 5.32 Å². The van der Waals surface area contributed by atoms with Crippen LogP contribution in [0.5, 0.6) is 0 Å². The first-order valence-corrected chi connectivity index (χ1v) is 6.65. The van der Waals surface area contributed by atoms with Gasteiger partial charge in [0.15, 0.2) is 9.84 Å². The second kappa shape index (κ2) is 4.82. The van der Waals surface area contributed by atoms with Crippen molar-refractivity contribution in [3.63, 3.8) is 0 Å². The monoisotopic (exact) mass is 311 g/mol. The summed E-state index contributed by atoms with van der Waals surface area (Å²) in [7, 11) is -3.10. The molecule has 1 N–H and O–H groups in total. The van der Waals surface area contributed by atoms with Crippen LogP contribution in [0.2, 0.25) is 0 Å². The highest BCUT2D eigenvalue weighted by Crippen LogP contribution is 2.20. The van der Waals surface area contributed by atoms with E-state index in [0.717, 1.165) is 4.47 Å². The summed E-state index contributed by atoms with van der Waals surface area (Å²) < 4.78 is 24.6. The number of hydrogen-bond acceptors (Lipinski definition) is 3. The van der Waals surface area contributed by atoms with E-state index in [1.165, 1.54) is 0 Å².